The molecule has 3 rings (SSSR count). The van der Waals surface area contributed by atoms with Gasteiger partial charge in [0.05, 0.1) is 5.69 Å². The average Bonchev–Trinajstić information content (AvgIpc) is 3.00. The van der Waals surface area contributed by atoms with Gasteiger partial charge in [-0.15, -0.1) is 0 Å². The van der Waals surface area contributed by atoms with Crippen molar-refractivity contribution in [1.29, 1.82) is 0 Å². The van der Waals surface area contributed by atoms with Crippen LogP contribution in [0.2, 0.25) is 0 Å². The summed E-state index contributed by atoms with van der Waals surface area (Å²) < 4.78 is 0. The molecule has 1 aromatic carbocycles. The van der Waals surface area contributed by atoms with Crippen molar-refractivity contribution in [3.05, 3.63) is 35.4 Å². The zero-order valence-corrected chi connectivity index (χ0v) is 13.9. The van der Waals surface area contributed by atoms with Crippen molar-refractivity contribution in [2.45, 2.75) is 39.2 Å². The highest BCUT2D eigenvalue weighted by molar-refractivity contribution is 5.73. The first-order valence-corrected chi connectivity index (χ1v) is 8.39. The van der Waals surface area contributed by atoms with E-state index in [9.17, 15) is 0 Å². The van der Waals surface area contributed by atoms with Crippen molar-refractivity contribution in [3.63, 3.8) is 0 Å². The Morgan fingerprint density at radius 1 is 1.17 bits per heavy atom. The fourth-order valence-electron chi connectivity index (χ4n) is 3.34. The molecule has 1 fully saturated rings. The first kappa shape index (κ1) is 15.7. The normalized spacial score (nSPS) is 17.7. The Morgan fingerprint density at radius 2 is 1.96 bits per heavy atom. The van der Waals surface area contributed by atoms with Gasteiger partial charge in [-0.25, -0.2) is 4.98 Å². The smallest absolute Gasteiger partial charge is 0.222 e. The molecule has 1 aliphatic heterocycles. The zero-order valence-electron chi connectivity index (χ0n) is 13.9. The Bertz CT molecular complexity index is 698. The summed E-state index contributed by atoms with van der Waals surface area (Å²) in [6.07, 6.45) is 2.83. The third-order valence-corrected chi connectivity index (χ3v) is 4.53. The number of nitrogens with zero attached hydrogens (tertiary/aromatic N) is 3. The summed E-state index contributed by atoms with van der Waals surface area (Å²) in [6.45, 7) is 6.07. The first-order valence-electron chi connectivity index (χ1n) is 8.39. The van der Waals surface area contributed by atoms with E-state index in [0.717, 1.165) is 55.0 Å². The summed E-state index contributed by atoms with van der Waals surface area (Å²) in [5, 5.41) is 0. The van der Waals surface area contributed by atoms with Crippen molar-refractivity contribution in [2.75, 3.05) is 23.7 Å². The Morgan fingerprint density at radius 3 is 2.61 bits per heavy atom. The van der Waals surface area contributed by atoms with Gasteiger partial charge in [-0.1, -0.05) is 38.1 Å². The first-order chi connectivity index (χ1) is 11.1. The lowest BCUT2D eigenvalue weighted by Gasteiger charge is -2.22. The highest BCUT2D eigenvalue weighted by Crippen LogP contribution is 2.33. The summed E-state index contributed by atoms with van der Waals surface area (Å²) in [7, 11) is 0. The van der Waals surface area contributed by atoms with Crippen molar-refractivity contribution in [1.82, 2.24) is 9.97 Å². The molecule has 1 saturated heterocycles. The van der Waals surface area contributed by atoms with Gasteiger partial charge in [-0.2, -0.15) is 4.98 Å². The van der Waals surface area contributed by atoms with E-state index < -0.39 is 0 Å². The highest BCUT2D eigenvalue weighted by Gasteiger charge is 2.25. The predicted octanol–water partition coefficient (Wildman–Crippen LogP) is 2.39. The monoisotopic (exact) mass is 311 g/mol. The van der Waals surface area contributed by atoms with E-state index >= 15 is 0 Å². The maximum Gasteiger partial charge on any atom is 0.222 e. The molecule has 0 radical (unpaired) electrons. The Hall–Kier alpha value is -2.14. The molecule has 5 nitrogen and oxygen atoms in total. The molecule has 0 saturated carbocycles. The summed E-state index contributed by atoms with van der Waals surface area (Å²) in [4.78, 5) is 11.4. The van der Waals surface area contributed by atoms with Crippen molar-refractivity contribution in [2.24, 2.45) is 5.73 Å². The van der Waals surface area contributed by atoms with Crippen LogP contribution in [-0.4, -0.2) is 29.1 Å². The summed E-state index contributed by atoms with van der Waals surface area (Å²) in [5.74, 6) is 1.28. The van der Waals surface area contributed by atoms with Crippen LogP contribution in [0.25, 0.3) is 11.3 Å². The molecule has 5 heteroatoms. The van der Waals surface area contributed by atoms with Crippen LogP contribution < -0.4 is 16.4 Å². The van der Waals surface area contributed by atoms with E-state index in [1.54, 1.807) is 0 Å². The molecule has 0 amide bonds. The molecular weight excluding hydrogens is 286 g/mol. The minimum absolute atomic E-state index is 0.210. The highest BCUT2D eigenvalue weighted by atomic mass is 15.2. The van der Waals surface area contributed by atoms with Gasteiger partial charge in [0.15, 0.2) is 0 Å². The van der Waals surface area contributed by atoms with E-state index in [4.69, 9.17) is 11.5 Å². The van der Waals surface area contributed by atoms with Gasteiger partial charge in [-0.05, 0) is 24.8 Å². The third kappa shape index (κ3) is 3.01. The second-order valence-corrected chi connectivity index (χ2v) is 6.09. The summed E-state index contributed by atoms with van der Waals surface area (Å²) in [6, 6.07) is 8.61. The van der Waals surface area contributed by atoms with Crippen LogP contribution >= 0.6 is 0 Å². The molecule has 23 heavy (non-hydrogen) atoms. The number of nitrogen functional groups attached to an aromatic ring is 1. The van der Waals surface area contributed by atoms with Gasteiger partial charge in [0.25, 0.3) is 0 Å². The van der Waals surface area contributed by atoms with Gasteiger partial charge in [0.2, 0.25) is 5.95 Å². The topological polar surface area (TPSA) is 81.1 Å². The van der Waals surface area contributed by atoms with Gasteiger partial charge in [0, 0.05) is 30.3 Å². The maximum atomic E-state index is 6.07. The predicted molar refractivity (Wildman–Crippen MR) is 95.4 cm³/mol. The molecule has 1 atom stereocenters. The van der Waals surface area contributed by atoms with Gasteiger partial charge in [-0.3, -0.25) is 0 Å². The number of aryl methyl sites for hydroxylation is 1. The van der Waals surface area contributed by atoms with Gasteiger partial charge < -0.3 is 16.4 Å². The third-order valence-electron chi connectivity index (χ3n) is 4.53. The second-order valence-electron chi connectivity index (χ2n) is 6.09. The van der Waals surface area contributed by atoms with E-state index in [1.807, 2.05) is 0 Å². The number of benzene rings is 1. The maximum absolute atomic E-state index is 6.07. The molecule has 4 N–H and O–H groups in total. The number of anilines is 2. The van der Waals surface area contributed by atoms with Crippen LogP contribution in [0, 0.1) is 0 Å². The molecule has 1 aliphatic rings. The molecule has 0 unspecified atom stereocenters. The van der Waals surface area contributed by atoms with E-state index in [0.29, 0.717) is 5.95 Å². The second kappa shape index (κ2) is 6.54. The Labute approximate surface area is 137 Å². The van der Waals surface area contributed by atoms with Crippen LogP contribution in [0.5, 0.6) is 0 Å². The van der Waals surface area contributed by atoms with E-state index in [1.165, 1.54) is 5.56 Å². The minimum atomic E-state index is 0.210. The van der Waals surface area contributed by atoms with Crippen LogP contribution in [0.4, 0.5) is 11.8 Å². The number of hydrogen-bond donors (Lipinski definition) is 2. The van der Waals surface area contributed by atoms with Gasteiger partial charge >= 0.3 is 0 Å². The van der Waals surface area contributed by atoms with Crippen LogP contribution in [0.3, 0.4) is 0 Å². The number of aromatic nitrogens is 2. The largest absolute Gasteiger partial charge is 0.368 e. The molecule has 0 aliphatic carbocycles. The zero-order chi connectivity index (χ0) is 16.4. The fraction of sp³-hybridized carbons (Fsp3) is 0.444. The molecular formula is C18H25N5. The minimum Gasteiger partial charge on any atom is -0.368 e. The SMILES string of the molecule is CCc1ccccc1-c1nc(N)nc(N2CC[C@@H](N)C2)c1CC. The summed E-state index contributed by atoms with van der Waals surface area (Å²) in [5.41, 5.74) is 16.7. The van der Waals surface area contributed by atoms with Crippen LogP contribution in [-0.2, 0) is 12.8 Å². The molecule has 2 aromatic rings. The fourth-order valence-corrected chi connectivity index (χ4v) is 3.34. The van der Waals surface area contributed by atoms with E-state index in [-0.39, 0.29) is 6.04 Å². The number of nitrogens with two attached hydrogens (primary N) is 2. The van der Waals surface area contributed by atoms with E-state index in [2.05, 4.69) is 53.0 Å². The van der Waals surface area contributed by atoms with Crippen molar-refractivity contribution >= 4 is 11.8 Å². The molecule has 0 bridgehead atoms. The van der Waals surface area contributed by atoms with Crippen molar-refractivity contribution in [3.8, 4) is 11.3 Å². The summed E-state index contributed by atoms with van der Waals surface area (Å²) >= 11 is 0. The van der Waals surface area contributed by atoms with Crippen LogP contribution in [0.1, 0.15) is 31.4 Å². The molecule has 0 spiro atoms. The van der Waals surface area contributed by atoms with Crippen molar-refractivity contribution < 1.29 is 0 Å². The number of hydrogen-bond acceptors (Lipinski definition) is 5. The lowest BCUT2D eigenvalue weighted by atomic mass is 9.98. The van der Waals surface area contributed by atoms with Gasteiger partial charge in [0.1, 0.15) is 5.82 Å². The quantitative estimate of drug-likeness (QED) is 0.906. The standard InChI is InChI=1S/C18H25N5/c1-3-12-7-5-6-8-15(12)16-14(4-2)17(22-18(20)21-16)23-10-9-13(19)11-23/h5-8,13H,3-4,9-11,19H2,1-2H3,(H2,20,21,22)/t13-/m1/s1. The lowest BCUT2D eigenvalue weighted by Crippen LogP contribution is -2.28. The molecule has 122 valence electrons. The molecule has 1 aromatic heterocycles. The Balaban J connectivity index is 2.15. The average molecular weight is 311 g/mol. The lowest BCUT2D eigenvalue weighted by molar-refractivity contribution is 0.751. The Kier molecular flexibility index (Phi) is 4.48. The number of rotatable bonds is 4. The van der Waals surface area contributed by atoms with Crippen LogP contribution in [0.15, 0.2) is 24.3 Å². The molecule has 2 heterocycles.